The predicted octanol–water partition coefficient (Wildman–Crippen LogP) is 2.20. The van der Waals surface area contributed by atoms with Crippen molar-refractivity contribution in [2.75, 3.05) is 26.9 Å². The fourth-order valence-corrected chi connectivity index (χ4v) is 3.13. The molecule has 2 aromatic rings. The van der Waals surface area contributed by atoms with Gasteiger partial charge in [0.15, 0.2) is 12.7 Å². The van der Waals surface area contributed by atoms with Gasteiger partial charge >= 0.3 is 0 Å². The molecule has 1 aliphatic heterocycles. The summed E-state index contributed by atoms with van der Waals surface area (Å²) >= 11 is 0. The summed E-state index contributed by atoms with van der Waals surface area (Å²) in [5.41, 5.74) is 4.00. The number of amides is 2. The normalized spacial score (nSPS) is 16.7. The molecule has 2 N–H and O–H groups in total. The van der Waals surface area contributed by atoms with Gasteiger partial charge in [0.25, 0.3) is 11.8 Å². The second kappa shape index (κ2) is 11.8. The summed E-state index contributed by atoms with van der Waals surface area (Å²) in [5.74, 6) is 0.0193. The average Bonchev–Trinajstić information content (AvgIpc) is 3.32. The number of ether oxygens (including phenoxy) is 3. The zero-order valence-electron chi connectivity index (χ0n) is 17.5. The van der Waals surface area contributed by atoms with Crippen molar-refractivity contribution in [1.82, 2.24) is 10.7 Å². The number of nitrogens with one attached hydrogen (secondary N) is 2. The Morgan fingerprint density at radius 2 is 1.97 bits per heavy atom. The van der Waals surface area contributed by atoms with E-state index in [1.807, 2.05) is 30.3 Å². The van der Waals surface area contributed by atoms with E-state index >= 15 is 0 Å². The van der Waals surface area contributed by atoms with Gasteiger partial charge in [-0.05, 0) is 48.2 Å². The van der Waals surface area contributed by atoms with Crippen molar-refractivity contribution in [1.29, 1.82) is 0 Å². The van der Waals surface area contributed by atoms with Crippen LogP contribution in [0.4, 0.5) is 0 Å². The summed E-state index contributed by atoms with van der Waals surface area (Å²) in [6.45, 7) is 1.21. The molecular weight excluding hydrogens is 398 g/mol. The highest BCUT2D eigenvalue weighted by molar-refractivity contribution is 5.85. The molecule has 164 valence electrons. The predicted molar refractivity (Wildman–Crippen MR) is 116 cm³/mol. The molecule has 3 rings (SSSR count). The summed E-state index contributed by atoms with van der Waals surface area (Å²) in [7, 11) is 1.47. The first-order chi connectivity index (χ1) is 15.2. The number of hydrogen-bond acceptors (Lipinski definition) is 6. The number of hydrazone groups is 1. The second-order valence-electron chi connectivity index (χ2n) is 7.06. The fraction of sp³-hybridized carbons (Fsp3) is 0.348. The van der Waals surface area contributed by atoms with Gasteiger partial charge in [-0.3, -0.25) is 9.59 Å². The summed E-state index contributed by atoms with van der Waals surface area (Å²) in [5, 5.41) is 6.79. The van der Waals surface area contributed by atoms with Crippen molar-refractivity contribution in [2.24, 2.45) is 5.10 Å². The van der Waals surface area contributed by atoms with Crippen LogP contribution in [-0.2, 0) is 19.1 Å². The van der Waals surface area contributed by atoms with E-state index in [0.717, 1.165) is 30.6 Å². The third-order valence-electron chi connectivity index (χ3n) is 4.77. The van der Waals surface area contributed by atoms with Crippen LogP contribution >= 0.6 is 0 Å². The summed E-state index contributed by atoms with van der Waals surface area (Å²) in [6, 6.07) is 16.2. The minimum atomic E-state index is -0.736. The largest absolute Gasteiger partial charge is 0.484 e. The Morgan fingerprint density at radius 3 is 2.65 bits per heavy atom. The lowest BCUT2D eigenvalue weighted by Gasteiger charge is -2.13. The van der Waals surface area contributed by atoms with E-state index in [1.165, 1.54) is 13.3 Å². The number of nitrogens with zero attached hydrogens (tertiary/aromatic N) is 1. The Bertz CT molecular complexity index is 865. The van der Waals surface area contributed by atoms with E-state index in [0.29, 0.717) is 12.3 Å². The standard InChI is InChI=1S/C23H27N3O5/c1-29-22(18-6-3-2-4-7-18)23(28)26-25-14-17-9-11-19(12-10-17)31-16-21(27)24-15-20-8-5-13-30-20/h2-4,6-7,9-12,14,20,22H,5,8,13,15-16H2,1H3,(H,24,27)(H,26,28)/b25-14-/t20-,22-/m1/s1. The molecule has 0 saturated carbocycles. The van der Waals surface area contributed by atoms with E-state index in [4.69, 9.17) is 14.2 Å². The lowest BCUT2D eigenvalue weighted by Crippen LogP contribution is -2.35. The smallest absolute Gasteiger partial charge is 0.273 e. The van der Waals surface area contributed by atoms with Gasteiger partial charge in [-0.25, -0.2) is 5.43 Å². The van der Waals surface area contributed by atoms with E-state index in [1.54, 1.807) is 24.3 Å². The maximum Gasteiger partial charge on any atom is 0.273 e. The molecule has 0 radical (unpaired) electrons. The molecule has 0 unspecified atom stereocenters. The Hall–Kier alpha value is -3.23. The van der Waals surface area contributed by atoms with E-state index in [-0.39, 0.29) is 24.5 Å². The molecule has 2 aromatic carbocycles. The molecule has 1 fully saturated rings. The van der Waals surface area contributed by atoms with E-state index in [2.05, 4.69) is 15.8 Å². The first-order valence-corrected chi connectivity index (χ1v) is 10.2. The molecule has 8 heteroatoms. The molecule has 8 nitrogen and oxygen atoms in total. The lowest BCUT2D eigenvalue weighted by molar-refractivity contribution is -0.131. The van der Waals surface area contributed by atoms with E-state index in [9.17, 15) is 9.59 Å². The number of benzene rings is 2. The van der Waals surface area contributed by atoms with Crippen LogP contribution in [0.3, 0.4) is 0 Å². The van der Waals surface area contributed by atoms with Gasteiger partial charge in [0.2, 0.25) is 0 Å². The van der Waals surface area contributed by atoms with Crippen LogP contribution in [0.5, 0.6) is 5.75 Å². The van der Waals surface area contributed by atoms with Crippen LogP contribution in [0.15, 0.2) is 59.7 Å². The third kappa shape index (κ3) is 7.20. The lowest BCUT2D eigenvalue weighted by atomic mass is 10.1. The minimum Gasteiger partial charge on any atom is -0.484 e. The molecular formula is C23H27N3O5. The van der Waals surface area contributed by atoms with Crippen molar-refractivity contribution >= 4 is 18.0 Å². The van der Waals surface area contributed by atoms with Crippen molar-refractivity contribution in [3.8, 4) is 5.75 Å². The molecule has 2 atom stereocenters. The van der Waals surface area contributed by atoms with Gasteiger partial charge in [0.1, 0.15) is 5.75 Å². The van der Waals surface area contributed by atoms with Crippen LogP contribution in [0.25, 0.3) is 0 Å². The quantitative estimate of drug-likeness (QED) is 0.449. The molecule has 1 aliphatic rings. The molecule has 0 aromatic heterocycles. The van der Waals surface area contributed by atoms with Crippen LogP contribution in [-0.4, -0.2) is 51.0 Å². The second-order valence-corrected chi connectivity index (χ2v) is 7.06. The Balaban J connectivity index is 1.41. The van der Waals surface area contributed by atoms with Crippen molar-refractivity contribution in [2.45, 2.75) is 25.0 Å². The molecule has 1 heterocycles. The molecule has 2 amide bonds. The van der Waals surface area contributed by atoms with E-state index < -0.39 is 6.10 Å². The van der Waals surface area contributed by atoms with Crippen molar-refractivity contribution < 1.29 is 23.8 Å². The first kappa shape index (κ1) is 22.5. The molecule has 1 saturated heterocycles. The van der Waals surface area contributed by atoms with Crippen molar-refractivity contribution in [3.63, 3.8) is 0 Å². The van der Waals surface area contributed by atoms with Crippen LogP contribution in [0.2, 0.25) is 0 Å². The Labute approximate surface area is 181 Å². The Morgan fingerprint density at radius 1 is 1.19 bits per heavy atom. The first-order valence-electron chi connectivity index (χ1n) is 10.2. The number of hydrogen-bond donors (Lipinski definition) is 2. The number of carbonyl (C=O) groups excluding carboxylic acids is 2. The van der Waals surface area contributed by atoms with Crippen LogP contribution < -0.4 is 15.5 Å². The fourth-order valence-electron chi connectivity index (χ4n) is 3.13. The van der Waals surface area contributed by atoms with Gasteiger partial charge in [0.05, 0.1) is 12.3 Å². The SMILES string of the molecule is CO[C@@H](C(=O)N/N=C\c1ccc(OCC(=O)NC[C@H]2CCCO2)cc1)c1ccccc1. The molecule has 31 heavy (non-hydrogen) atoms. The highest BCUT2D eigenvalue weighted by Gasteiger charge is 2.19. The molecule has 0 aliphatic carbocycles. The summed E-state index contributed by atoms with van der Waals surface area (Å²) in [6.07, 6.45) is 2.91. The van der Waals surface area contributed by atoms with Crippen LogP contribution in [0.1, 0.15) is 30.1 Å². The molecule has 0 bridgehead atoms. The minimum absolute atomic E-state index is 0.0614. The highest BCUT2D eigenvalue weighted by atomic mass is 16.5. The number of rotatable bonds is 10. The van der Waals surface area contributed by atoms with Crippen molar-refractivity contribution in [3.05, 3.63) is 65.7 Å². The van der Waals surface area contributed by atoms with Gasteiger partial charge in [-0.2, -0.15) is 5.10 Å². The zero-order chi connectivity index (χ0) is 21.9. The Kier molecular flexibility index (Phi) is 8.57. The third-order valence-corrected chi connectivity index (χ3v) is 4.77. The maximum absolute atomic E-state index is 12.3. The topological polar surface area (TPSA) is 98.3 Å². The van der Waals surface area contributed by atoms with Gasteiger partial charge in [0, 0.05) is 20.3 Å². The summed E-state index contributed by atoms with van der Waals surface area (Å²) in [4.78, 5) is 24.2. The monoisotopic (exact) mass is 425 g/mol. The van der Waals surface area contributed by atoms with Crippen LogP contribution in [0, 0.1) is 0 Å². The van der Waals surface area contributed by atoms with Gasteiger partial charge in [-0.1, -0.05) is 30.3 Å². The number of methoxy groups -OCH3 is 1. The number of carbonyl (C=O) groups is 2. The summed E-state index contributed by atoms with van der Waals surface area (Å²) < 4.78 is 16.2. The van der Waals surface area contributed by atoms with Gasteiger partial charge < -0.3 is 19.5 Å². The zero-order valence-corrected chi connectivity index (χ0v) is 17.5. The average molecular weight is 425 g/mol. The highest BCUT2D eigenvalue weighted by Crippen LogP contribution is 2.16. The molecule has 0 spiro atoms. The maximum atomic E-state index is 12.3. The van der Waals surface area contributed by atoms with Gasteiger partial charge in [-0.15, -0.1) is 0 Å².